The molecule has 1 aromatic carbocycles. The van der Waals surface area contributed by atoms with E-state index in [2.05, 4.69) is 12.2 Å². The Balaban J connectivity index is 1.99. The fourth-order valence-electron chi connectivity index (χ4n) is 3.27. The summed E-state index contributed by atoms with van der Waals surface area (Å²) < 4.78 is 13.6. The molecule has 0 saturated heterocycles. The monoisotopic (exact) mass is 297 g/mol. The predicted molar refractivity (Wildman–Crippen MR) is 83.7 cm³/mol. The largest absolute Gasteiger partial charge is 0.316 e. The first-order chi connectivity index (χ1) is 9.70. The Bertz CT molecular complexity index is 415. The molecule has 1 saturated carbocycles. The van der Waals surface area contributed by atoms with E-state index in [0.29, 0.717) is 5.92 Å². The van der Waals surface area contributed by atoms with Gasteiger partial charge in [-0.15, -0.1) is 0 Å². The van der Waals surface area contributed by atoms with Crippen LogP contribution in [0.2, 0.25) is 5.02 Å². The highest BCUT2D eigenvalue weighted by Gasteiger charge is 2.25. The van der Waals surface area contributed by atoms with E-state index >= 15 is 0 Å². The summed E-state index contributed by atoms with van der Waals surface area (Å²) >= 11 is 5.76. The van der Waals surface area contributed by atoms with E-state index in [0.717, 1.165) is 37.4 Å². The van der Waals surface area contributed by atoms with Crippen molar-refractivity contribution in [1.29, 1.82) is 0 Å². The average molecular weight is 298 g/mol. The third-order valence-corrected chi connectivity index (χ3v) is 4.69. The van der Waals surface area contributed by atoms with E-state index in [-0.39, 0.29) is 10.8 Å². The van der Waals surface area contributed by atoms with Crippen LogP contribution in [0.1, 0.15) is 44.6 Å². The number of hydrogen-bond acceptors (Lipinski definition) is 1. The normalized spacial score (nSPS) is 17.6. The van der Waals surface area contributed by atoms with Gasteiger partial charge >= 0.3 is 0 Å². The highest BCUT2D eigenvalue weighted by Crippen LogP contribution is 2.33. The average Bonchev–Trinajstić information content (AvgIpc) is 2.96. The van der Waals surface area contributed by atoms with Crippen molar-refractivity contribution in [3.8, 4) is 0 Å². The first-order valence-electron chi connectivity index (χ1n) is 7.85. The molecule has 0 heterocycles. The van der Waals surface area contributed by atoms with Gasteiger partial charge in [-0.25, -0.2) is 4.39 Å². The molecule has 1 fully saturated rings. The topological polar surface area (TPSA) is 12.0 Å². The number of hydrogen-bond donors (Lipinski definition) is 1. The zero-order valence-electron chi connectivity index (χ0n) is 12.3. The molecule has 1 unspecified atom stereocenters. The second-order valence-corrected chi connectivity index (χ2v) is 6.37. The van der Waals surface area contributed by atoms with Crippen molar-refractivity contribution in [2.45, 2.75) is 45.4 Å². The lowest BCUT2D eigenvalue weighted by molar-refractivity contribution is 0.321. The molecule has 1 atom stereocenters. The van der Waals surface area contributed by atoms with Crippen LogP contribution >= 0.6 is 11.6 Å². The van der Waals surface area contributed by atoms with Gasteiger partial charge in [0.05, 0.1) is 5.02 Å². The Labute approximate surface area is 126 Å². The summed E-state index contributed by atoms with van der Waals surface area (Å²) in [5, 5.41) is 3.76. The lowest BCUT2D eigenvalue weighted by Gasteiger charge is -2.24. The zero-order valence-corrected chi connectivity index (χ0v) is 13.1. The van der Waals surface area contributed by atoms with E-state index in [1.54, 1.807) is 12.1 Å². The number of benzene rings is 1. The maximum atomic E-state index is 13.6. The van der Waals surface area contributed by atoms with Gasteiger partial charge in [0.25, 0.3) is 0 Å². The Morgan fingerprint density at radius 3 is 2.75 bits per heavy atom. The van der Waals surface area contributed by atoms with Gasteiger partial charge in [-0.05, 0) is 55.5 Å². The van der Waals surface area contributed by atoms with Crippen LogP contribution in [-0.2, 0) is 6.42 Å². The van der Waals surface area contributed by atoms with Gasteiger partial charge in [0.1, 0.15) is 5.82 Å². The maximum Gasteiger partial charge on any atom is 0.142 e. The zero-order chi connectivity index (χ0) is 14.4. The molecule has 1 aliphatic rings. The first kappa shape index (κ1) is 15.8. The number of rotatable bonds is 7. The second kappa shape index (κ2) is 7.99. The SMILES string of the molecule is CCCNCC(Cc1ccc(Cl)c(F)c1)C1CCCC1. The molecule has 0 bridgehead atoms. The number of halogens is 2. The van der Waals surface area contributed by atoms with Crippen LogP contribution in [0.25, 0.3) is 0 Å². The van der Waals surface area contributed by atoms with Crippen molar-refractivity contribution in [2.75, 3.05) is 13.1 Å². The lowest BCUT2D eigenvalue weighted by Crippen LogP contribution is -2.29. The van der Waals surface area contributed by atoms with Crippen molar-refractivity contribution in [1.82, 2.24) is 5.32 Å². The summed E-state index contributed by atoms with van der Waals surface area (Å²) in [5.41, 5.74) is 1.07. The van der Waals surface area contributed by atoms with Gasteiger partial charge in [-0.3, -0.25) is 0 Å². The smallest absolute Gasteiger partial charge is 0.142 e. The van der Waals surface area contributed by atoms with Crippen LogP contribution in [0, 0.1) is 17.7 Å². The highest BCUT2D eigenvalue weighted by atomic mass is 35.5. The van der Waals surface area contributed by atoms with Crippen molar-refractivity contribution in [3.63, 3.8) is 0 Å². The third kappa shape index (κ3) is 4.46. The molecule has 1 nitrogen and oxygen atoms in total. The van der Waals surface area contributed by atoms with Crippen molar-refractivity contribution >= 4 is 11.6 Å². The molecule has 1 N–H and O–H groups in total. The molecule has 0 aliphatic heterocycles. The standard InChI is InChI=1S/C17H25ClFN/c1-2-9-20-12-15(14-5-3-4-6-14)10-13-7-8-16(18)17(19)11-13/h7-8,11,14-15,20H,2-6,9-10,12H2,1H3. The second-order valence-electron chi connectivity index (χ2n) is 5.96. The third-order valence-electron chi connectivity index (χ3n) is 4.38. The Kier molecular flexibility index (Phi) is 6.31. The molecule has 0 amide bonds. The summed E-state index contributed by atoms with van der Waals surface area (Å²) in [6.45, 7) is 4.30. The first-order valence-corrected chi connectivity index (χ1v) is 8.23. The van der Waals surface area contributed by atoms with Crippen molar-refractivity contribution in [2.24, 2.45) is 11.8 Å². The van der Waals surface area contributed by atoms with Gasteiger partial charge in [0, 0.05) is 0 Å². The van der Waals surface area contributed by atoms with Gasteiger partial charge in [-0.1, -0.05) is 50.3 Å². The quantitative estimate of drug-likeness (QED) is 0.711. The summed E-state index contributed by atoms with van der Waals surface area (Å²) in [4.78, 5) is 0. The van der Waals surface area contributed by atoms with Crippen LogP contribution in [0.3, 0.4) is 0 Å². The Morgan fingerprint density at radius 1 is 1.35 bits per heavy atom. The molecule has 1 aliphatic carbocycles. The van der Waals surface area contributed by atoms with Gasteiger partial charge < -0.3 is 5.32 Å². The summed E-state index contributed by atoms with van der Waals surface area (Å²) in [6, 6.07) is 5.24. The Hall–Kier alpha value is -0.600. The molecular formula is C17H25ClFN. The van der Waals surface area contributed by atoms with E-state index < -0.39 is 0 Å². The molecular weight excluding hydrogens is 273 g/mol. The highest BCUT2D eigenvalue weighted by molar-refractivity contribution is 6.30. The minimum absolute atomic E-state index is 0.218. The van der Waals surface area contributed by atoms with Gasteiger partial charge in [0.15, 0.2) is 0 Å². The molecule has 0 radical (unpaired) electrons. The van der Waals surface area contributed by atoms with Crippen LogP contribution in [-0.4, -0.2) is 13.1 Å². The van der Waals surface area contributed by atoms with Crippen molar-refractivity contribution in [3.05, 3.63) is 34.6 Å². The summed E-state index contributed by atoms with van der Waals surface area (Å²) in [6.07, 6.45) is 7.47. The summed E-state index contributed by atoms with van der Waals surface area (Å²) in [5.74, 6) is 1.11. The van der Waals surface area contributed by atoms with Crippen LogP contribution in [0.15, 0.2) is 18.2 Å². The maximum absolute atomic E-state index is 13.6. The van der Waals surface area contributed by atoms with Crippen LogP contribution in [0.5, 0.6) is 0 Å². The molecule has 112 valence electrons. The van der Waals surface area contributed by atoms with Gasteiger partial charge in [0.2, 0.25) is 0 Å². The molecule has 3 heteroatoms. The Morgan fingerprint density at radius 2 is 2.10 bits per heavy atom. The van der Waals surface area contributed by atoms with Crippen LogP contribution < -0.4 is 5.32 Å². The van der Waals surface area contributed by atoms with E-state index in [1.165, 1.54) is 25.7 Å². The summed E-state index contributed by atoms with van der Waals surface area (Å²) in [7, 11) is 0. The minimum Gasteiger partial charge on any atom is -0.316 e. The molecule has 0 aromatic heterocycles. The van der Waals surface area contributed by atoms with Crippen LogP contribution in [0.4, 0.5) is 4.39 Å². The molecule has 20 heavy (non-hydrogen) atoms. The molecule has 1 aromatic rings. The van der Waals surface area contributed by atoms with E-state index in [4.69, 9.17) is 11.6 Å². The minimum atomic E-state index is -0.296. The van der Waals surface area contributed by atoms with Gasteiger partial charge in [-0.2, -0.15) is 0 Å². The number of nitrogens with one attached hydrogen (secondary N) is 1. The molecule has 2 rings (SSSR count). The molecule has 0 spiro atoms. The van der Waals surface area contributed by atoms with E-state index in [1.807, 2.05) is 6.07 Å². The predicted octanol–water partition coefficient (Wildman–Crippen LogP) is 4.83. The van der Waals surface area contributed by atoms with E-state index in [9.17, 15) is 4.39 Å². The fourth-order valence-corrected chi connectivity index (χ4v) is 3.39. The fraction of sp³-hybridized carbons (Fsp3) is 0.647. The van der Waals surface area contributed by atoms with Crippen molar-refractivity contribution < 1.29 is 4.39 Å². The lowest BCUT2D eigenvalue weighted by atomic mass is 9.85.